The minimum atomic E-state index is -1.53. The number of aryl methyl sites for hydroxylation is 1. The van der Waals surface area contributed by atoms with Crippen molar-refractivity contribution in [2.45, 2.75) is 89.0 Å². The van der Waals surface area contributed by atoms with E-state index in [0.717, 1.165) is 48.1 Å². The van der Waals surface area contributed by atoms with Gasteiger partial charge in [0.2, 0.25) is 18.1 Å². The summed E-state index contributed by atoms with van der Waals surface area (Å²) in [5.74, 6) is 0.400. The van der Waals surface area contributed by atoms with E-state index in [9.17, 15) is 25.2 Å². The molecule has 11 heteroatoms. The Labute approximate surface area is 223 Å². The van der Waals surface area contributed by atoms with Gasteiger partial charge in [0.05, 0.1) is 6.61 Å². The molecule has 212 valence electrons. The van der Waals surface area contributed by atoms with Crippen molar-refractivity contribution >= 4 is 5.91 Å². The van der Waals surface area contributed by atoms with Crippen LogP contribution in [0.25, 0.3) is 0 Å². The van der Waals surface area contributed by atoms with Gasteiger partial charge in [-0.1, -0.05) is 38.1 Å². The number of benzene rings is 1. The largest absolute Gasteiger partial charge is 0.443 e. The minimum Gasteiger partial charge on any atom is -0.443 e. The van der Waals surface area contributed by atoms with E-state index < -0.39 is 37.3 Å². The molecule has 0 saturated carbocycles. The lowest BCUT2D eigenvalue weighted by Gasteiger charge is -2.39. The number of hydrogen-bond donors (Lipinski definition) is 7. The molecule has 8 N–H and O–H groups in total. The first kappa shape index (κ1) is 30.0. The van der Waals surface area contributed by atoms with Crippen molar-refractivity contribution in [2.75, 3.05) is 19.7 Å². The predicted molar refractivity (Wildman–Crippen MR) is 141 cm³/mol. The highest BCUT2D eigenvalue weighted by atomic mass is 16.7. The van der Waals surface area contributed by atoms with Gasteiger partial charge in [-0.15, -0.1) is 5.10 Å². The second-order valence-electron chi connectivity index (χ2n) is 10.1. The van der Waals surface area contributed by atoms with E-state index in [1.165, 1.54) is 0 Å². The number of unbranched alkanes of at least 4 members (excludes halogenated alkanes) is 1. The maximum Gasteiger partial charge on any atom is 0.238 e. The van der Waals surface area contributed by atoms with Crippen molar-refractivity contribution in [3.63, 3.8) is 0 Å². The van der Waals surface area contributed by atoms with Crippen molar-refractivity contribution in [1.82, 2.24) is 15.5 Å². The van der Waals surface area contributed by atoms with E-state index in [1.807, 2.05) is 38.1 Å². The number of carbonyl (C=O) groups is 1. The highest BCUT2D eigenvalue weighted by Crippen LogP contribution is 2.31. The number of aliphatic hydroxyl groups excluding tert-OH is 4. The molecular weight excluding hydrogens is 492 g/mol. The average Bonchev–Trinajstić information content (AvgIpc) is 3.30. The number of hydrogen-bond acceptors (Lipinski definition) is 9. The molecule has 0 bridgehead atoms. The summed E-state index contributed by atoms with van der Waals surface area (Å²) in [5.41, 5.74) is 9.28. The Hall–Kier alpha value is -2.54. The number of nitrogens with one attached hydrogen (secondary N) is 2. The predicted octanol–water partition coefficient (Wildman–Crippen LogP) is 0.480. The van der Waals surface area contributed by atoms with Crippen LogP contribution >= 0.6 is 0 Å². The molecule has 1 aromatic carbocycles. The van der Waals surface area contributed by atoms with Gasteiger partial charge in [0.25, 0.3) is 0 Å². The Morgan fingerprint density at radius 3 is 2.47 bits per heavy atom. The fourth-order valence-electron chi connectivity index (χ4n) is 4.45. The zero-order valence-electron chi connectivity index (χ0n) is 22.2. The topological polar surface area (TPSA) is 183 Å². The highest BCUT2D eigenvalue weighted by Gasteiger charge is 2.45. The summed E-state index contributed by atoms with van der Waals surface area (Å²) >= 11 is 0. The van der Waals surface area contributed by atoms with Crippen LogP contribution in [0, 0.1) is 0 Å². The lowest BCUT2D eigenvalue weighted by molar-refractivity contribution is -0.278. The van der Waals surface area contributed by atoms with Crippen molar-refractivity contribution in [2.24, 2.45) is 5.73 Å². The van der Waals surface area contributed by atoms with E-state index in [2.05, 4.69) is 15.5 Å². The number of nitrogens with two attached hydrogens (primary N) is 1. The fraction of sp³-hybridized carbons (Fsp3) is 0.630. The summed E-state index contributed by atoms with van der Waals surface area (Å²) in [6, 6.07) is 8.14. The van der Waals surface area contributed by atoms with Crippen molar-refractivity contribution in [3.05, 3.63) is 46.6 Å². The van der Waals surface area contributed by atoms with Gasteiger partial charge in [-0.05, 0) is 49.3 Å². The van der Waals surface area contributed by atoms with E-state index in [0.29, 0.717) is 25.9 Å². The summed E-state index contributed by atoms with van der Waals surface area (Å²) in [5, 5.41) is 50.1. The van der Waals surface area contributed by atoms with Gasteiger partial charge < -0.3 is 41.0 Å². The first-order chi connectivity index (χ1) is 18.2. The minimum absolute atomic E-state index is 0.0618. The number of aliphatic hydroxyl groups is 4. The molecule has 0 aliphatic carbocycles. The Kier molecular flexibility index (Phi) is 11.5. The van der Waals surface area contributed by atoms with E-state index in [1.54, 1.807) is 0 Å². The lowest BCUT2D eigenvalue weighted by atomic mass is 9.97. The van der Waals surface area contributed by atoms with Gasteiger partial charge in [0.15, 0.2) is 0 Å². The quantitative estimate of drug-likeness (QED) is 0.169. The number of H-pyrrole nitrogens is 1. The molecule has 11 nitrogen and oxygen atoms in total. The van der Waals surface area contributed by atoms with Gasteiger partial charge in [-0.3, -0.25) is 9.89 Å². The molecule has 1 aromatic heterocycles. The van der Waals surface area contributed by atoms with E-state index in [4.69, 9.17) is 15.2 Å². The third-order valence-corrected chi connectivity index (χ3v) is 6.74. The average molecular weight is 535 g/mol. The zero-order chi connectivity index (χ0) is 27.7. The zero-order valence-corrected chi connectivity index (χ0v) is 22.2. The van der Waals surface area contributed by atoms with Crippen LogP contribution in [0.2, 0.25) is 0 Å². The normalized spacial score (nSPS) is 23.5. The molecule has 1 fully saturated rings. The molecule has 0 unspecified atom stereocenters. The molecule has 0 radical (unpaired) electrons. The van der Waals surface area contributed by atoms with Crippen LogP contribution in [-0.2, 0) is 22.4 Å². The molecule has 1 saturated heterocycles. The van der Waals surface area contributed by atoms with Crippen LogP contribution in [0.4, 0.5) is 0 Å². The van der Waals surface area contributed by atoms with Crippen molar-refractivity contribution in [1.29, 1.82) is 0 Å². The Bertz CT molecular complexity index is 996. The van der Waals surface area contributed by atoms with Crippen LogP contribution in [0.1, 0.15) is 67.8 Å². The Balaban J connectivity index is 1.61. The number of nitrogens with zero attached hydrogens (tertiary/aromatic N) is 1. The number of aromatic amines is 1. The highest BCUT2D eigenvalue weighted by molar-refractivity contribution is 5.75. The molecule has 1 aliphatic heterocycles. The van der Waals surface area contributed by atoms with Crippen LogP contribution in [0.15, 0.2) is 24.3 Å². The lowest BCUT2D eigenvalue weighted by Crippen LogP contribution is -2.60. The molecule has 2 aromatic rings. The van der Waals surface area contributed by atoms with Crippen molar-refractivity contribution < 1.29 is 34.7 Å². The SMILES string of the molecule is CC(C)c1[nH]nc(O[C@@H]2O[C@H](CO)[C@@H](O)[C@H](O)[C@H]2O)c1Cc1ccc(CCCC(=O)NCCCCN)cc1. The maximum atomic E-state index is 12.0. The Morgan fingerprint density at radius 1 is 1.11 bits per heavy atom. The second-order valence-corrected chi connectivity index (χ2v) is 10.1. The molecule has 2 heterocycles. The van der Waals surface area contributed by atoms with Crippen LogP contribution in [0.3, 0.4) is 0 Å². The third-order valence-electron chi connectivity index (χ3n) is 6.74. The summed E-state index contributed by atoms with van der Waals surface area (Å²) in [7, 11) is 0. The van der Waals surface area contributed by atoms with Gasteiger partial charge in [0.1, 0.15) is 24.4 Å². The number of amides is 1. The van der Waals surface area contributed by atoms with Crippen LogP contribution < -0.4 is 15.8 Å². The molecule has 3 rings (SSSR count). The summed E-state index contributed by atoms with van der Waals surface area (Å²) in [6.45, 7) is 4.80. The molecule has 38 heavy (non-hydrogen) atoms. The molecule has 1 aliphatic rings. The van der Waals surface area contributed by atoms with Gasteiger partial charge in [0, 0.05) is 30.6 Å². The second kappa shape index (κ2) is 14.6. The first-order valence-electron chi connectivity index (χ1n) is 13.3. The fourth-order valence-corrected chi connectivity index (χ4v) is 4.45. The van der Waals surface area contributed by atoms with E-state index >= 15 is 0 Å². The molecular formula is C27H42N4O7. The summed E-state index contributed by atoms with van der Waals surface area (Å²) in [6.07, 6.45) is -2.55. The van der Waals surface area contributed by atoms with Crippen molar-refractivity contribution in [3.8, 4) is 5.88 Å². The molecule has 0 spiro atoms. The monoisotopic (exact) mass is 534 g/mol. The summed E-state index contributed by atoms with van der Waals surface area (Å²) < 4.78 is 11.3. The third kappa shape index (κ3) is 7.98. The first-order valence-corrected chi connectivity index (χ1v) is 13.3. The Morgan fingerprint density at radius 2 is 1.82 bits per heavy atom. The number of rotatable bonds is 14. The molecule has 5 atom stereocenters. The maximum absolute atomic E-state index is 12.0. The molecule has 1 amide bonds. The number of aromatic nitrogens is 2. The van der Waals surface area contributed by atoms with Gasteiger partial charge in [-0.25, -0.2) is 0 Å². The van der Waals surface area contributed by atoms with Gasteiger partial charge in [-0.2, -0.15) is 0 Å². The van der Waals surface area contributed by atoms with Crippen LogP contribution in [0.5, 0.6) is 5.88 Å². The van der Waals surface area contributed by atoms with Crippen LogP contribution in [-0.4, -0.2) is 86.9 Å². The summed E-state index contributed by atoms with van der Waals surface area (Å²) in [4.78, 5) is 12.0. The van der Waals surface area contributed by atoms with Gasteiger partial charge >= 0.3 is 0 Å². The van der Waals surface area contributed by atoms with E-state index in [-0.39, 0.29) is 17.7 Å². The smallest absolute Gasteiger partial charge is 0.238 e. The standard InChI is InChI=1S/C27H42N4O7/c1-16(2)22-19(26(31-30-22)38-27-25(36)24(35)23(34)20(15-32)37-27)14-18-10-8-17(9-11-18)6-5-7-21(33)29-13-4-3-12-28/h8-11,16,20,23-25,27,32,34-36H,3-7,12-15,28H2,1-2H3,(H,29,33)(H,30,31)/t20-,23-,24+,25-,27+/m1/s1. The number of ether oxygens (including phenoxy) is 2. The number of carbonyl (C=O) groups excluding carboxylic acids is 1.